The smallest absolute Gasteiger partial charge is 0.161 e. The van der Waals surface area contributed by atoms with Crippen LogP contribution in [0.4, 0.5) is 11.4 Å². The first-order valence-electron chi connectivity index (χ1n) is 9.36. The van der Waals surface area contributed by atoms with Crippen molar-refractivity contribution in [3.63, 3.8) is 0 Å². The van der Waals surface area contributed by atoms with Crippen LogP contribution in [0.3, 0.4) is 0 Å². The maximum absolute atomic E-state index is 4.90. The molecule has 6 heteroatoms. The molecule has 0 spiro atoms. The minimum atomic E-state index is 0.239. The Kier molecular flexibility index (Phi) is 5.95. The van der Waals surface area contributed by atoms with Crippen LogP contribution in [0.15, 0.2) is 58.4 Å². The van der Waals surface area contributed by atoms with Gasteiger partial charge in [-0.05, 0) is 49.2 Å². The summed E-state index contributed by atoms with van der Waals surface area (Å²) in [5.74, 6) is 0.998. The molecule has 0 aromatic heterocycles. The van der Waals surface area contributed by atoms with Gasteiger partial charge in [0.2, 0.25) is 0 Å². The molecule has 4 nitrogen and oxygen atoms in total. The predicted molar refractivity (Wildman–Crippen MR) is 121 cm³/mol. The Morgan fingerprint density at radius 1 is 1.07 bits per heavy atom. The fourth-order valence-corrected chi connectivity index (χ4v) is 4.84. The summed E-state index contributed by atoms with van der Waals surface area (Å²) in [6.07, 6.45) is 2.10. The van der Waals surface area contributed by atoms with E-state index in [2.05, 4.69) is 77.0 Å². The zero-order valence-electron chi connectivity index (χ0n) is 15.9. The fourth-order valence-electron chi connectivity index (χ4n) is 3.41. The molecule has 142 valence electrons. The molecule has 2 aromatic rings. The van der Waals surface area contributed by atoms with Crippen LogP contribution in [0.5, 0.6) is 0 Å². The highest BCUT2D eigenvalue weighted by atomic mass is 32.2. The molecular formula is C21H26N4S2. The highest BCUT2D eigenvalue weighted by molar-refractivity contribution is 8.14. The zero-order chi connectivity index (χ0) is 18.6. The first kappa shape index (κ1) is 18.7. The molecule has 1 saturated heterocycles. The quantitative estimate of drug-likeness (QED) is 0.771. The second kappa shape index (κ2) is 8.59. The van der Waals surface area contributed by atoms with Gasteiger partial charge in [-0.15, -0.1) is 11.8 Å². The van der Waals surface area contributed by atoms with Gasteiger partial charge < -0.3 is 15.1 Å². The van der Waals surface area contributed by atoms with Crippen molar-refractivity contribution in [1.29, 1.82) is 0 Å². The van der Waals surface area contributed by atoms with Crippen LogP contribution in [-0.2, 0) is 0 Å². The maximum atomic E-state index is 4.90. The Hall–Kier alpha value is -1.63. The Labute approximate surface area is 170 Å². The van der Waals surface area contributed by atoms with E-state index in [1.54, 1.807) is 23.5 Å². The lowest BCUT2D eigenvalue weighted by molar-refractivity contribution is 0.313. The normalized spacial score (nSPS) is 20.6. The van der Waals surface area contributed by atoms with Crippen molar-refractivity contribution >= 4 is 40.1 Å². The standard InChI is InChI=1S/C21H26N4S2/c1-24-10-12-25(13-11-24)18-8-6-16(7-9-18)20-15-27-21(23-20)22-17-4-3-5-19(14-17)26-2/h3-9,14,20H,10-13,15H2,1-2H3,(H,22,23). The Balaban J connectivity index is 1.40. The van der Waals surface area contributed by atoms with Crippen LogP contribution >= 0.6 is 23.5 Å². The van der Waals surface area contributed by atoms with E-state index in [0.717, 1.165) is 42.8 Å². The highest BCUT2D eigenvalue weighted by Crippen LogP contribution is 2.32. The minimum Gasteiger partial charge on any atom is -0.369 e. The van der Waals surface area contributed by atoms with Crippen LogP contribution in [0, 0.1) is 0 Å². The van der Waals surface area contributed by atoms with Crippen molar-refractivity contribution in [3.8, 4) is 0 Å². The summed E-state index contributed by atoms with van der Waals surface area (Å²) in [4.78, 5) is 11.0. The summed E-state index contributed by atoms with van der Waals surface area (Å²) < 4.78 is 0. The summed E-state index contributed by atoms with van der Waals surface area (Å²) in [6.45, 7) is 4.49. The van der Waals surface area contributed by atoms with Crippen molar-refractivity contribution < 1.29 is 0 Å². The number of thioether (sulfide) groups is 2. The first-order valence-corrected chi connectivity index (χ1v) is 11.6. The van der Waals surface area contributed by atoms with Gasteiger partial charge in [-0.3, -0.25) is 4.99 Å². The van der Waals surface area contributed by atoms with Gasteiger partial charge in [-0.1, -0.05) is 30.0 Å². The molecule has 2 aromatic carbocycles. The third-order valence-electron chi connectivity index (χ3n) is 5.12. The zero-order valence-corrected chi connectivity index (χ0v) is 17.5. The number of nitrogens with zero attached hydrogens (tertiary/aromatic N) is 3. The summed E-state index contributed by atoms with van der Waals surface area (Å²) in [5, 5.41) is 4.48. The number of likely N-dealkylation sites (N-methyl/N-ethyl adjacent to an activating group) is 1. The van der Waals surface area contributed by atoms with Crippen LogP contribution in [0.1, 0.15) is 11.6 Å². The molecule has 27 heavy (non-hydrogen) atoms. The van der Waals surface area contributed by atoms with E-state index in [-0.39, 0.29) is 6.04 Å². The van der Waals surface area contributed by atoms with Crippen molar-refractivity contribution in [2.75, 3.05) is 55.5 Å². The van der Waals surface area contributed by atoms with E-state index >= 15 is 0 Å². The van der Waals surface area contributed by atoms with E-state index in [0.29, 0.717) is 0 Å². The molecule has 1 N–H and O–H groups in total. The van der Waals surface area contributed by atoms with E-state index < -0.39 is 0 Å². The van der Waals surface area contributed by atoms with Gasteiger partial charge in [0.15, 0.2) is 5.17 Å². The molecule has 4 rings (SSSR count). The SMILES string of the molecule is CSc1cccc(NC2=NC(c3ccc(N4CCN(C)CC4)cc3)CS2)c1. The molecule has 2 aliphatic heterocycles. The number of hydrogen-bond acceptors (Lipinski definition) is 6. The average molecular weight is 399 g/mol. The van der Waals surface area contributed by atoms with Crippen molar-refractivity contribution in [3.05, 3.63) is 54.1 Å². The summed E-state index contributed by atoms with van der Waals surface area (Å²) in [7, 11) is 2.19. The summed E-state index contributed by atoms with van der Waals surface area (Å²) in [6, 6.07) is 17.7. The van der Waals surface area contributed by atoms with Crippen LogP contribution in [0.25, 0.3) is 0 Å². The molecular weight excluding hydrogens is 372 g/mol. The van der Waals surface area contributed by atoms with Crippen molar-refractivity contribution in [2.45, 2.75) is 10.9 Å². The predicted octanol–water partition coefficient (Wildman–Crippen LogP) is 4.42. The third-order valence-corrected chi connectivity index (χ3v) is 6.81. The molecule has 1 unspecified atom stereocenters. The van der Waals surface area contributed by atoms with Crippen molar-refractivity contribution in [1.82, 2.24) is 4.90 Å². The van der Waals surface area contributed by atoms with E-state index in [9.17, 15) is 0 Å². The number of anilines is 2. The lowest BCUT2D eigenvalue weighted by atomic mass is 10.1. The largest absolute Gasteiger partial charge is 0.369 e. The van der Waals surface area contributed by atoms with Gasteiger partial charge in [-0.25, -0.2) is 0 Å². The van der Waals surface area contributed by atoms with Gasteiger partial charge in [-0.2, -0.15) is 0 Å². The van der Waals surface area contributed by atoms with Crippen LogP contribution in [-0.4, -0.2) is 55.3 Å². The summed E-state index contributed by atoms with van der Waals surface area (Å²) >= 11 is 3.56. The Bertz CT molecular complexity index is 798. The van der Waals surface area contributed by atoms with Gasteiger partial charge >= 0.3 is 0 Å². The van der Waals surface area contributed by atoms with E-state index in [1.165, 1.54) is 16.1 Å². The van der Waals surface area contributed by atoms with Gasteiger partial charge in [0, 0.05) is 48.2 Å². The Morgan fingerprint density at radius 2 is 1.85 bits per heavy atom. The third kappa shape index (κ3) is 4.62. The van der Waals surface area contributed by atoms with Gasteiger partial charge in [0.25, 0.3) is 0 Å². The molecule has 0 amide bonds. The number of aliphatic imine (C=N–C) groups is 1. The number of benzene rings is 2. The minimum absolute atomic E-state index is 0.239. The van der Waals surface area contributed by atoms with E-state index in [1.807, 2.05) is 0 Å². The second-order valence-corrected chi connectivity index (χ2v) is 8.89. The Morgan fingerprint density at radius 3 is 2.59 bits per heavy atom. The van der Waals surface area contributed by atoms with Gasteiger partial charge in [0.1, 0.15) is 0 Å². The van der Waals surface area contributed by atoms with Gasteiger partial charge in [0.05, 0.1) is 6.04 Å². The van der Waals surface area contributed by atoms with Crippen LogP contribution < -0.4 is 10.2 Å². The summed E-state index contributed by atoms with van der Waals surface area (Å²) in [5.41, 5.74) is 3.74. The lowest BCUT2D eigenvalue weighted by Gasteiger charge is -2.34. The number of rotatable bonds is 4. The maximum Gasteiger partial charge on any atom is 0.161 e. The molecule has 0 bridgehead atoms. The average Bonchev–Trinajstić information content (AvgIpc) is 3.17. The molecule has 2 heterocycles. The molecule has 2 aliphatic rings. The molecule has 1 fully saturated rings. The lowest BCUT2D eigenvalue weighted by Crippen LogP contribution is -2.44. The number of piperazine rings is 1. The number of hydrogen-bond donors (Lipinski definition) is 1. The topological polar surface area (TPSA) is 30.9 Å². The van der Waals surface area contributed by atoms with Crippen LogP contribution in [0.2, 0.25) is 0 Å². The van der Waals surface area contributed by atoms with Crippen molar-refractivity contribution in [2.24, 2.45) is 4.99 Å². The molecule has 0 aliphatic carbocycles. The molecule has 1 atom stereocenters. The van der Waals surface area contributed by atoms with E-state index in [4.69, 9.17) is 4.99 Å². The fraction of sp³-hybridized carbons (Fsp3) is 0.381. The second-order valence-electron chi connectivity index (χ2n) is 7.00. The monoisotopic (exact) mass is 398 g/mol. The molecule has 0 saturated carbocycles. The number of nitrogens with one attached hydrogen (secondary N) is 1. The number of amidine groups is 1. The first-order chi connectivity index (χ1) is 13.2. The highest BCUT2D eigenvalue weighted by Gasteiger charge is 2.21. The molecule has 0 radical (unpaired) electrons.